The van der Waals surface area contributed by atoms with E-state index < -0.39 is 6.03 Å². The van der Waals surface area contributed by atoms with Crippen LogP contribution in [0.4, 0.5) is 16.2 Å². The smallest absolute Gasteiger partial charge is 0.308 e. The Kier molecular flexibility index (Phi) is 5.58. The van der Waals surface area contributed by atoms with E-state index in [9.17, 15) is 14.4 Å². The molecule has 1 heterocycles. The molecular formula is C22H22IN3O3. The van der Waals surface area contributed by atoms with Crippen LogP contribution in [-0.2, 0) is 0 Å². The SMILES string of the molecule is Cc1cc(I)ccc1NC(=O)Nc1ccc2c(c1)C(=O)N(C1CCCCC1)C2=O. The fraction of sp³-hybridized carbons (Fsp3) is 0.318. The van der Waals surface area contributed by atoms with Gasteiger partial charge in [0, 0.05) is 21.0 Å². The zero-order valence-electron chi connectivity index (χ0n) is 16.1. The maximum Gasteiger partial charge on any atom is 0.323 e. The zero-order valence-corrected chi connectivity index (χ0v) is 18.3. The summed E-state index contributed by atoms with van der Waals surface area (Å²) >= 11 is 2.22. The largest absolute Gasteiger partial charge is 0.323 e. The van der Waals surface area contributed by atoms with Gasteiger partial charge in [0.05, 0.1) is 11.1 Å². The van der Waals surface area contributed by atoms with Gasteiger partial charge in [-0.1, -0.05) is 19.3 Å². The molecule has 1 aliphatic heterocycles. The van der Waals surface area contributed by atoms with E-state index in [1.807, 2.05) is 25.1 Å². The number of carbonyl (C=O) groups excluding carboxylic acids is 3. The lowest BCUT2D eigenvalue weighted by molar-refractivity contribution is 0.0549. The molecule has 4 rings (SSSR count). The summed E-state index contributed by atoms with van der Waals surface area (Å²) in [6.45, 7) is 1.93. The normalized spacial score (nSPS) is 16.7. The molecule has 7 heteroatoms. The highest BCUT2D eigenvalue weighted by atomic mass is 127. The Balaban J connectivity index is 1.49. The first-order valence-electron chi connectivity index (χ1n) is 9.80. The molecule has 2 aromatic rings. The van der Waals surface area contributed by atoms with Crippen molar-refractivity contribution in [1.29, 1.82) is 0 Å². The van der Waals surface area contributed by atoms with Crippen molar-refractivity contribution in [3.05, 3.63) is 56.7 Å². The Morgan fingerprint density at radius 1 is 0.966 bits per heavy atom. The van der Waals surface area contributed by atoms with Gasteiger partial charge in [-0.05, 0) is 84.3 Å². The number of carbonyl (C=O) groups is 3. The lowest BCUT2D eigenvalue weighted by atomic mass is 9.94. The Bertz CT molecular complexity index is 999. The fourth-order valence-corrected chi connectivity index (χ4v) is 4.71. The van der Waals surface area contributed by atoms with E-state index >= 15 is 0 Å². The van der Waals surface area contributed by atoms with Crippen molar-refractivity contribution in [2.24, 2.45) is 0 Å². The van der Waals surface area contributed by atoms with E-state index in [0.717, 1.165) is 46.9 Å². The Labute approximate surface area is 183 Å². The number of fused-ring (bicyclic) bond motifs is 1. The van der Waals surface area contributed by atoms with E-state index in [4.69, 9.17) is 0 Å². The minimum absolute atomic E-state index is 0.0142. The molecule has 4 amide bonds. The van der Waals surface area contributed by atoms with Crippen molar-refractivity contribution in [2.75, 3.05) is 10.6 Å². The molecule has 0 saturated heterocycles. The molecular weight excluding hydrogens is 481 g/mol. The molecule has 0 bridgehead atoms. The van der Waals surface area contributed by atoms with Crippen LogP contribution in [-0.4, -0.2) is 28.8 Å². The van der Waals surface area contributed by atoms with Gasteiger partial charge in [-0.2, -0.15) is 0 Å². The summed E-state index contributed by atoms with van der Waals surface area (Å²) in [7, 11) is 0. The van der Waals surface area contributed by atoms with Crippen molar-refractivity contribution in [3.8, 4) is 0 Å². The van der Waals surface area contributed by atoms with Gasteiger partial charge in [-0.3, -0.25) is 14.5 Å². The summed E-state index contributed by atoms with van der Waals surface area (Å²) in [6.07, 6.45) is 4.98. The molecule has 2 N–H and O–H groups in total. The van der Waals surface area contributed by atoms with Crippen LogP contribution < -0.4 is 10.6 Å². The zero-order chi connectivity index (χ0) is 20.5. The standard InChI is InChI=1S/C22H22IN3O3/c1-13-11-14(23)7-10-19(13)25-22(29)24-15-8-9-17-18(12-15)21(28)26(20(17)27)16-5-3-2-4-6-16/h7-12,16H,2-6H2,1H3,(H2,24,25,29). The number of rotatable bonds is 3. The highest BCUT2D eigenvalue weighted by Gasteiger charge is 2.40. The Hall–Kier alpha value is -2.42. The monoisotopic (exact) mass is 503 g/mol. The summed E-state index contributed by atoms with van der Waals surface area (Å²) in [5.74, 6) is -0.475. The molecule has 0 aromatic heterocycles. The highest BCUT2D eigenvalue weighted by molar-refractivity contribution is 14.1. The Morgan fingerprint density at radius 3 is 2.41 bits per heavy atom. The second-order valence-corrected chi connectivity index (χ2v) is 8.82. The molecule has 1 saturated carbocycles. The Morgan fingerprint density at radius 2 is 1.69 bits per heavy atom. The van der Waals surface area contributed by atoms with Crippen LogP contribution in [0.1, 0.15) is 58.4 Å². The van der Waals surface area contributed by atoms with Crippen molar-refractivity contribution in [2.45, 2.75) is 45.1 Å². The average molecular weight is 503 g/mol. The number of benzene rings is 2. The molecule has 0 atom stereocenters. The van der Waals surface area contributed by atoms with Crippen LogP contribution in [0, 0.1) is 10.5 Å². The number of hydrogen-bond acceptors (Lipinski definition) is 3. The number of anilines is 2. The number of halogens is 1. The van der Waals surface area contributed by atoms with Crippen LogP contribution >= 0.6 is 22.6 Å². The summed E-state index contributed by atoms with van der Waals surface area (Å²) in [5.41, 5.74) is 2.95. The number of nitrogens with zero attached hydrogens (tertiary/aromatic N) is 1. The third-order valence-electron chi connectivity index (χ3n) is 5.55. The molecule has 0 unspecified atom stereocenters. The highest BCUT2D eigenvalue weighted by Crippen LogP contribution is 2.32. The quantitative estimate of drug-likeness (QED) is 0.448. The molecule has 1 aliphatic carbocycles. The van der Waals surface area contributed by atoms with Gasteiger partial charge in [-0.15, -0.1) is 0 Å². The molecule has 6 nitrogen and oxygen atoms in total. The van der Waals surface area contributed by atoms with Crippen LogP contribution in [0.25, 0.3) is 0 Å². The minimum Gasteiger partial charge on any atom is -0.308 e. The van der Waals surface area contributed by atoms with Gasteiger partial charge in [0.2, 0.25) is 0 Å². The number of urea groups is 1. The lowest BCUT2D eigenvalue weighted by Crippen LogP contribution is -2.40. The molecule has 1 fully saturated rings. The summed E-state index contributed by atoms with van der Waals surface area (Å²) in [4.78, 5) is 39.4. The van der Waals surface area contributed by atoms with Gasteiger partial charge >= 0.3 is 6.03 Å². The van der Waals surface area contributed by atoms with Crippen LogP contribution in [0.15, 0.2) is 36.4 Å². The van der Waals surface area contributed by atoms with Gasteiger partial charge in [0.15, 0.2) is 0 Å². The van der Waals surface area contributed by atoms with Gasteiger partial charge < -0.3 is 10.6 Å². The topological polar surface area (TPSA) is 78.5 Å². The average Bonchev–Trinajstić information content (AvgIpc) is 2.95. The summed E-state index contributed by atoms with van der Waals surface area (Å²) in [6, 6.07) is 10.2. The third-order valence-corrected chi connectivity index (χ3v) is 6.22. The van der Waals surface area contributed by atoms with E-state index in [2.05, 4.69) is 33.2 Å². The fourth-order valence-electron chi connectivity index (χ4n) is 4.06. The summed E-state index contributed by atoms with van der Waals surface area (Å²) < 4.78 is 1.09. The maximum atomic E-state index is 12.9. The second-order valence-electron chi connectivity index (χ2n) is 7.57. The third kappa shape index (κ3) is 4.01. The number of imide groups is 1. The summed E-state index contributed by atoms with van der Waals surface area (Å²) in [5, 5.41) is 5.58. The maximum absolute atomic E-state index is 12.9. The molecule has 0 radical (unpaired) electrons. The van der Waals surface area contributed by atoms with Crippen LogP contribution in [0.5, 0.6) is 0 Å². The van der Waals surface area contributed by atoms with E-state index in [1.54, 1.807) is 18.2 Å². The number of nitrogens with one attached hydrogen (secondary N) is 2. The first kappa shape index (κ1) is 19.9. The minimum atomic E-state index is -0.393. The first-order chi connectivity index (χ1) is 13.9. The van der Waals surface area contributed by atoms with Crippen molar-refractivity contribution in [1.82, 2.24) is 4.90 Å². The molecule has 2 aliphatic rings. The van der Waals surface area contributed by atoms with Crippen molar-refractivity contribution >= 4 is 51.8 Å². The first-order valence-corrected chi connectivity index (χ1v) is 10.9. The number of aryl methyl sites for hydroxylation is 1. The van der Waals surface area contributed by atoms with Crippen LogP contribution in [0.3, 0.4) is 0 Å². The van der Waals surface area contributed by atoms with Gasteiger partial charge in [0.25, 0.3) is 11.8 Å². The predicted octanol–water partition coefficient (Wildman–Crippen LogP) is 5.17. The number of amides is 4. The second kappa shape index (κ2) is 8.14. The lowest BCUT2D eigenvalue weighted by Gasteiger charge is -2.29. The predicted molar refractivity (Wildman–Crippen MR) is 120 cm³/mol. The van der Waals surface area contributed by atoms with E-state index in [0.29, 0.717) is 16.8 Å². The number of hydrogen-bond donors (Lipinski definition) is 2. The van der Waals surface area contributed by atoms with E-state index in [1.165, 1.54) is 4.90 Å². The van der Waals surface area contributed by atoms with Crippen molar-refractivity contribution < 1.29 is 14.4 Å². The van der Waals surface area contributed by atoms with Gasteiger partial charge in [0.1, 0.15) is 0 Å². The van der Waals surface area contributed by atoms with Crippen molar-refractivity contribution in [3.63, 3.8) is 0 Å². The van der Waals surface area contributed by atoms with Crippen LogP contribution in [0.2, 0.25) is 0 Å². The van der Waals surface area contributed by atoms with Gasteiger partial charge in [-0.25, -0.2) is 4.79 Å². The molecule has 2 aromatic carbocycles. The molecule has 29 heavy (non-hydrogen) atoms. The molecule has 150 valence electrons. The molecule has 0 spiro atoms. The van der Waals surface area contributed by atoms with E-state index in [-0.39, 0.29) is 17.9 Å².